The van der Waals surface area contributed by atoms with E-state index in [4.69, 9.17) is 21.9 Å². The normalized spacial score (nSPS) is 11.5. The van der Waals surface area contributed by atoms with Crippen molar-refractivity contribution in [1.82, 2.24) is 24.3 Å². The summed E-state index contributed by atoms with van der Waals surface area (Å²) in [4.78, 5) is 32.1. The summed E-state index contributed by atoms with van der Waals surface area (Å²) in [7, 11) is -6.53. The lowest BCUT2D eigenvalue weighted by molar-refractivity contribution is -0.116. The Hall–Kier alpha value is -5.93. The summed E-state index contributed by atoms with van der Waals surface area (Å²) in [6.45, 7) is -1.11. The number of alkyl halides is 2. The Morgan fingerprint density at radius 3 is 2.00 bits per heavy atom. The molecule has 2 amide bonds. The average molecular weight is 844 g/mol. The van der Waals surface area contributed by atoms with Crippen LogP contribution in [0.25, 0.3) is 22.5 Å². The predicted molar refractivity (Wildman–Crippen MR) is 205 cm³/mol. The number of nitrogens with two attached hydrogens (primary N) is 2. The maximum absolute atomic E-state index is 13.7. The summed E-state index contributed by atoms with van der Waals surface area (Å²) in [5.41, 5.74) is 1.78. The predicted octanol–water partition coefficient (Wildman–Crippen LogP) is 5.19. The molecular formula is C36H33ClF3N9O6S2. The van der Waals surface area contributed by atoms with E-state index in [2.05, 4.69) is 25.7 Å². The number of anilines is 2. The van der Waals surface area contributed by atoms with E-state index in [1.807, 2.05) is 14.0 Å². The van der Waals surface area contributed by atoms with Gasteiger partial charge in [-0.05, 0) is 54.4 Å². The number of amides is 2. The highest BCUT2D eigenvalue weighted by Crippen LogP contribution is 2.30. The quantitative estimate of drug-likeness (QED) is 0.134. The number of carbonyl (C=O) groups is 2. The maximum atomic E-state index is 13.7. The number of rotatable bonds is 11. The monoisotopic (exact) mass is 843 g/mol. The second-order valence-corrected chi connectivity index (χ2v) is 15.7. The summed E-state index contributed by atoms with van der Waals surface area (Å²) in [6.07, 6.45) is 4.54. The minimum Gasteiger partial charge on any atom is -0.338 e. The van der Waals surface area contributed by atoms with Gasteiger partial charge in [0.25, 0.3) is 0 Å². The van der Waals surface area contributed by atoms with Crippen LogP contribution in [0.4, 0.5) is 24.5 Å². The van der Waals surface area contributed by atoms with Crippen LogP contribution in [0, 0.1) is 12.7 Å². The molecule has 0 radical (unpaired) electrons. The van der Waals surface area contributed by atoms with Crippen molar-refractivity contribution in [3.63, 3.8) is 0 Å². The Kier molecular flexibility index (Phi) is 12.9. The van der Waals surface area contributed by atoms with Crippen LogP contribution < -0.4 is 20.9 Å². The zero-order valence-corrected chi connectivity index (χ0v) is 32.3. The fourth-order valence-electron chi connectivity index (χ4n) is 5.29. The molecule has 3 aromatic carbocycles. The molecule has 0 bridgehead atoms. The number of hydrogen-bond acceptors (Lipinski definition) is 9. The molecule has 6 aromatic rings. The van der Waals surface area contributed by atoms with Gasteiger partial charge in [0.05, 0.1) is 47.2 Å². The van der Waals surface area contributed by atoms with E-state index in [-0.39, 0.29) is 46.2 Å². The third kappa shape index (κ3) is 10.9. The van der Waals surface area contributed by atoms with Gasteiger partial charge < -0.3 is 15.2 Å². The third-order valence-corrected chi connectivity index (χ3v) is 10.3. The van der Waals surface area contributed by atoms with Crippen molar-refractivity contribution in [2.45, 2.75) is 36.1 Å². The number of pyridine rings is 1. The number of benzene rings is 3. The van der Waals surface area contributed by atoms with Gasteiger partial charge in [0, 0.05) is 41.3 Å². The number of hydrogen-bond donors (Lipinski definition) is 4. The average Bonchev–Trinajstić information content (AvgIpc) is 3.76. The van der Waals surface area contributed by atoms with E-state index < -0.39 is 43.2 Å². The first-order valence-corrected chi connectivity index (χ1v) is 19.9. The van der Waals surface area contributed by atoms with Crippen molar-refractivity contribution >= 4 is 54.8 Å². The topological polar surface area (TPSA) is 227 Å². The molecule has 0 saturated heterocycles. The summed E-state index contributed by atoms with van der Waals surface area (Å²) in [5.74, 6) is -0.768. The molecule has 0 aliphatic heterocycles. The molecule has 0 saturated carbocycles. The highest BCUT2D eigenvalue weighted by atomic mass is 35.5. The van der Waals surface area contributed by atoms with E-state index in [9.17, 15) is 39.6 Å². The van der Waals surface area contributed by atoms with Crippen LogP contribution >= 0.6 is 11.6 Å². The van der Waals surface area contributed by atoms with Gasteiger partial charge in [0.15, 0.2) is 0 Å². The first kappa shape index (κ1) is 42.2. The van der Waals surface area contributed by atoms with Crippen molar-refractivity contribution in [2.75, 3.05) is 10.6 Å². The number of aromatic nitrogens is 5. The molecular weight excluding hydrogens is 811 g/mol. The molecule has 3 aromatic heterocycles. The van der Waals surface area contributed by atoms with Crippen LogP contribution in [0.5, 0.6) is 0 Å². The van der Waals surface area contributed by atoms with Crippen molar-refractivity contribution in [3.05, 3.63) is 125 Å². The van der Waals surface area contributed by atoms with Gasteiger partial charge in [-0.2, -0.15) is 13.9 Å². The molecule has 0 atom stereocenters. The van der Waals surface area contributed by atoms with Crippen LogP contribution in [-0.4, -0.2) is 53.0 Å². The summed E-state index contributed by atoms with van der Waals surface area (Å²) in [6, 6.07) is 18.3. The lowest BCUT2D eigenvalue weighted by atomic mass is 10.1. The zero-order valence-electron chi connectivity index (χ0n) is 29.9. The lowest BCUT2D eigenvalue weighted by Crippen LogP contribution is -2.18. The molecule has 15 nitrogen and oxygen atoms in total. The Morgan fingerprint density at radius 1 is 0.825 bits per heavy atom. The molecule has 0 aliphatic rings. The number of halogens is 4. The standard InChI is InChI=1S/C19H19ClN4O3S.C17H14F3N5O3S/c1-12-22-17(11-24(12)2)15-8-7-14(10-18(15)28(21,26)27)23-19(25)9-13-5-3-4-6-16(13)20;18-13-4-2-1-3-10(13)5-15(26)24-12-6-14(29(21,27)28)16(22-8-12)11-7-23-25(9-11)17(19)20/h3-8,10-11H,9H2,1-2H3,(H,23,25)(H2,21,26,27);1-4,6-9,17H,5H2,(H,24,26)(H2,21,27,28). The highest BCUT2D eigenvalue weighted by molar-refractivity contribution is 7.89. The van der Waals surface area contributed by atoms with Gasteiger partial charge in [-0.25, -0.2) is 41.2 Å². The molecule has 21 heteroatoms. The van der Waals surface area contributed by atoms with Gasteiger partial charge in [-0.15, -0.1) is 0 Å². The lowest BCUT2D eigenvalue weighted by Gasteiger charge is -2.11. The first-order valence-electron chi connectivity index (χ1n) is 16.4. The number of imidazole rings is 1. The number of nitrogens with one attached hydrogen (secondary N) is 2. The molecule has 0 unspecified atom stereocenters. The number of aryl methyl sites for hydroxylation is 2. The molecule has 298 valence electrons. The number of primary sulfonamides is 2. The third-order valence-electron chi connectivity index (χ3n) is 8.09. The molecule has 6 rings (SSSR count). The van der Waals surface area contributed by atoms with Gasteiger partial charge >= 0.3 is 6.55 Å². The van der Waals surface area contributed by atoms with Crippen molar-refractivity contribution in [2.24, 2.45) is 17.3 Å². The summed E-state index contributed by atoms with van der Waals surface area (Å²) >= 11 is 6.07. The minimum atomic E-state index is -4.31. The SMILES string of the molecule is Cc1nc(-c2ccc(NC(=O)Cc3ccccc3Cl)cc2S(N)(=O)=O)cn1C.NS(=O)(=O)c1cc(NC(=O)Cc2ccccc2F)cnc1-c1cnn(C(F)F)c1. The van der Waals surface area contributed by atoms with Gasteiger partial charge in [-0.1, -0.05) is 48.0 Å². The van der Waals surface area contributed by atoms with E-state index in [0.29, 0.717) is 32.2 Å². The van der Waals surface area contributed by atoms with E-state index in [1.165, 1.54) is 24.3 Å². The Balaban J connectivity index is 0.000000218. The van der Waals surface area contributed by atoms with Crippen LogP contribution in [-0.2, 0) is 49.5 Å². The number of sulfonamides is 2. The fraction of sp³-hybridized carbons (Fsp3) is 0.139. The van der Waals surface area contributed by atoms with E-state index in [1.54, 1.807) is 53.2 Å². The maximum Gasteiger partial charge on any atom is 0.333 e. The Morgan fingerprint density at radius 2 is 1.42 bits per heavy atom. The summed E-state index contributed by atoms with van der Waals surface area (Å²) in [5, 5.41) is 19.6. The smallest absolute Gasteiger partial charge is 0.333 e. The van der Waals surface area contributed by atoms with Crippen molar-refractivity contribution in [3.8, 4) is 22.5 Å². The minimum absolute atomic E-state index is 0.00134. The Labute approximate surface area is 329 Å². The second-order valence-electron chi connectivity index (χ2n) is 12.3. The molecule has 0 aliphatic carbocycles. The van der Waals surface area contributed by atoms with Crippen LogP contribution in [0.1, 0.15) is 23.5 Å². The Bertz CT molecular complexity index is 2670. The van der Waals surface area contributed by atoms with Crippen LogP contribution in [0.15, 0.2) is 107 Å². The second kappa shape index (κ2) is 17.5. The van der Waals surface area contributed by atoms with Gasteiger partial charge in [-0.3, -0.25) is 14.6 Å². The molecule has 0 spiro atoms. The van der Waals surface area contributed by atoms with Crippen molar-refractivity contribution < 1.29 is 39.6 Å². The molecule has 3 heterocycles. The fourth-order valence-corrected chi connectivity index (χ4v) is 6.99. The first-order chi connectivity index (χ1) is 26.8. The van der Waals surface area contributed by atoms with E-state index in [0.717, 1.165) is 30.5 Å². The van der Waals surface area contributed by atoms with Gasteiger partial charge in [0.2, 0.25) is 31.9 Å². The van der Waals surface area contributed by atoms with Crippen LogP contribution in [0.2, 0.25) is 5.02 Å². The van der Waals surface area contributed by atoms with Crippen molar-refractivity contribution in [1.29, 1.82) is 0 Å². The molecule has 0 fully saturated rings. The number of carbonyl (C=O) groups excluding carboxylic acids is 2. The largest absolute Gasteiger partial charge is 0.338 e. The van der Waals surface area contributed by atoms with Crippen LogP contribution in [0.3, 0.4) is 0 Å². The molecule has 57 heavy (non-hydrogen) atoms. The zero-order chi connectivity index (χ0) is 41.7. The summed E-state index contributed by atoms with van der Waals surface area (Å²) < 4.78 is 89.3. The number of nitrogens with zero attached hydrogens (tertiary/aromatic N) is 5. The van der Waals surface area contributed by atoms with E-state index >= 15 is 0 Å². The van der Waals surface area contributed by atoms with Gasteiger partial charge in [0.1, 0.15) is 16.5 Å². The highest BCUT2D eigenvalue weighted by Gasteiger charge is 2.22. The molecule has 6 N–H and O–H groups in total.